The van der Waals surface area contributed by atoms with Gasteiger partial charge in [0.2, 0.25) is 5.90 Å². The Kier molecular flexibility index (Phi) is 2.52. The van der Waals surface area contributed by atoms with Crippen molar-refractivity contribution in [1.29, 1.82) is 0 Å². The maximum atomic E-state index is 5.60. The first kappa shape index (κ1) is 10.3. The van der Waals surface area contributed by atoms with E-state index in [4.69, 9.17) is 4.74 Å². The van der Waals surface area contributed by atoms with Crippen molar-refractivity contribution in [3.63, 3.8) is 0 Å². The number of rotatable bonds is 2. The number of hydrogen-bond donors (Lipinski definition) is 0. The first-order chi connectivity index (χ1) is 8.36. The fraction of sp³-hybridized carbons (Fsp3) is 0.286. The van der Waals surface area contributed by atoms with Crippen LogP contribution in [-0.4, -0.2) is 23.5 Å². The predicted octanol–water partition coefficient (Wildman–Crippen LogP) is 2.79. The second-order valence-electron chi connectivity index (χ2n) is 4.22. The molecule has 1 atom stereocenters. The highest BCUT2D eigenvalue weighted by molar-refractivity contribution is 5.97. The van der Waals surface area contributed by atoms with Gasteiger partial charge in [0.25, 0.3) is 0 Å². The molecule has 1 aromatic heterocycles. The second-order valence-corrected chi connectivity index (χ2v) is 4.22. The summed E-state index contributed by atoms with van der Waals surface area (Å²) in [6.45, 7) is 2.82. The van der Waals surface area contributed by atoms with E-state index in [2.05, 4.69) is 29.0 Å². The number of pyridine rings is 1. The molecule has 0 amide bonds. The van der Waals surface area contributed by atoms with Gasteiger partial charge >= 0.3 is 0 Å². The molecule has 17 heavy (non-hydrogen) atoms. The van der Waals surface area contributed by atoms with Crippen LogP contribution >= 0.6 is 0 Å². The van der Waals surface area contributed by atoms with Crippen LogP contribution < -0.4 is 0 Å². The Labute approximate surface area is 100 Å². The first-order valence-corrected chi connectivity index (χ1v) is 5.92. The van der Waals surface area contributed by atoms with Gasteiger partial charge in [0.1, 0.15) is 6.61 Å². The summed E-state index contributed by atoms with van der Waals surface area (Å²) in [5.74, 6) is 0.732. The molecule has 0 saturated heterocycles. The third-order valence-corrected chi connectivity index (χ3v) is 3.02. The first-order valence-electron chi connectivity index (χ1n) is 5.92. The molecule has 86 valence electrons. The van der Waals surface area contributed by atoms with E-state index >= 15 is 0 Å². The number of benzene rings is 1. The van der Waals surface area contributed by atoms with Crippen LogP contribution in [0.4, 0.5) is 0 Å². The van der Waals surface area contributed by atoms with Gasteiger partial charge in [-0.15, -0.1) is 0 Å². The Morgan fingerprint density at radius 1 is 1.35 bits per heavy atom. The molecule has 2 heterocycles. The van der Waals surface area contributed by atoms with Gasteiger partial charge < -0.3 is 4.74 Å². The zero-order valence-corrected chi connectivity index (χ0v) is 9.76. The van der Waals surface area contributed by atoms with Gasteiger partial charge in [0.15, 0.2) is 0 Å². The molecule has 1 aromatic carbocycles. The van der Waals surface area contributed by atoms with Gasteiger partial charge in [-0.25, -0.2) is 4.99 Å². The van der Waals surface area contributed by atoms with E-state index < -0.39 is 0 Å². The fourth-order valence-electron chi connectivity index (χ4n) is 1.97. The van der Waals surface area contributed by atoms with E-state index in [9.17, 15) is 0 Å². The maximum Gasteiger partial charge on any atom is 0.218 e. The summed E-state index contributed by atoms with van der Waals surface area (Å²) < 4.78 is 5.60. The van der Waals surface area contributed by atoms with E-state index in [0.29, 0.717) is 12.6 Å². The third kappa shape index (κ3) is 1.88. The monoisotopic (exact) mass is 226 g/mol. The molecule has 0 radical (unpaired) electrons. The Hall–Kier alpha value is -1.90. The van der Waals surface area contributed by atoms with Crippen molar-refractivity contribution in [2.45, 2.75) is 19.4 Å². The van der Waals surface area contributed by atoms with Crippen molar-refractivity contribution in [3.05, 3.63) is 42.1 Å². The van der Waals surface area contributed by atoms with E-state index in [1.165, 1.54) is 0 Å². The standard InChI is InChI=1S/C14H14N2O/c1-2-12-9-17-14(16-12)11-7-10-5-3-4-6-13(10)15-8-11/h3-8,12H,2,9H2,1H3. The Morgan fingerprint density at radius 2 is 2.24 bits per heavy atom. The van der Waals surface area contributed by atoms with Crippen LogP contribution in [0, 0.1) is 0 Å². The molecule has 0 bridgehead atoms. The van der Waals surface area contributed by atoms with Gasteiger partial charge in [0, 0.05) is 11.6 Å². The summed E-state index contributed by atoms with van der Waals surface area (Å²) in [5.41, 5.74) is 1.97. The molecular formula is C14H14N2O. The zero-order valence-electron chi connectivity index (χ0n) is 9.76. The van der Waals surface area contributed by atoms with E-state index in [1.807, 2.05) is 24.4 Å². The number of aromatic nitrogens is 1. The van der Waals surface area contributed by atoms with E-state index in [-0.39, 0.29) is 0 Å². The minimum Gasteiger partial charge on any atom is -0.475 e. The molecule has 0 spiro atoms. The van der Waals surface area contributed by atoms with Crippen LogP contribution in [0.5, 0.6) is 0 Å². The maximum absolute atomic E-state index is 5.60. The average molecular weight is 226 g/mol. The molecule has 1 unspecified atom stereocenters. The van der Waals surface area contributed by atoms with Crippen LogP contribution in [0.2, 0.25) is 0 Å². The largest absolute Gasteiger partial charge is 0.475 e. The fourth-order valence-corrected chi connectivity index (χ4v) is 1.97. The quantitative estimate of drug-likeness (QED) is 0.789. The van der Waals surface area contributed by atoms with Gasteiger partial charge in [-0.1, -0.05) is 25.1 Å². The summed E-state index contributed by atoms with van der Waals surface area (Å²) in [6.07, 6.45) is 2.85. The highest BCUT2D eigenvalue weighted by Gasteiger charge is 2.18. The number of para-hydroxylation sites is 1. The molecule has 1 aliphatic heterocycles. The number of aliphatic imine (C=N–C) groups is 1. The lowest BCUT2D eigenvalue weighted by Gasteiger charge is -2.02. The number of hydrogen-bond acceptors (Lipinski definition) is 3. The molecule has 2 aromatic rings. The molecule has 0 N–H and O–H groups in total. The minimum atomic E-state index is 0.302. The van der Waals surface area contributed by atoms with Crippen molar-refractivity contribution >= 4 is 16.8 Å². The third-order valence-electron chi connectivity index (χ3n) is 3.02. The molecule has 3 nitrogen and oxygen atoms in total. The Balaban J connectivity index is 2.01. The average Bonchev–Trinajstić information content (AvgIpc) is 2.87. The van der Waals surface area contributed by atoms with Crippen molar-refractivity contribution in [1.82, 2.24) is 4.98 Å². The highest BCUT2D eigenvalue weighted by Crippen LogP contribution is 2.17. The van der Waals surface area contributed by atoms with Crippen LogP contribution in [-0.2, 0) is 4.74 Å². The highest BCUT2D eigenvalue weighted by atomic mass is 16.5. The summed E-state index contributed by atoms with van der Waals surface area (Å²) in [7, 11) is 0. The van der Waals surface area contributed by atoms with Crippen molar-refractivity contribution < 1.29 is 4.74 Å². The van der Waals surface area contributed by atoms with Crippen molar-refractivity contribution in [2.75, 3.05) is 6.61 Å². The molecule has 0 fully saturated rings. The number of ether oxygens (including phenoxy) is 1. The topological polar surface area (TPSA) is 34.5 Å². The molecule has 3 rings (SSSR count). The van der Waals surface area contributed by atoms with Crippen LogP contribution in [0.3, 0.4) is 0 Å². The summed E-state index contributed by atoms with van der Waals surface area (Å²) in [5, 5.41) is 1.12. The molecule has 0 aliphatic carbocycles. The van der Waals surface area contributed by atoms with Crippen LogP contribution in [0.15, 0.2) is 41.5 Å². The number of fused-ring (bicyclic) bond motifs is 1. The lowest BCUT2D eigenvalue weighted by Crippen LogP contribution is -2.04. The van der Waals surface area contributed by atoms with Crippen LogP contribution in [0.25, 0.3) is 10.9 Å². The minimum absolute atomic E-state index is 0.302. The molecular weight excluding hydrogens is 212 g/mol. The Bertz CT molecular complexity index is 577. The van der Waals surface area contributed by atoms with Gasteiger partial charge in [0.05, 0.1) is 17.1 Å². The lowest BCUT2D eigenvalue weighted by atomic mass is 10.1. The predicted molar refractivity (Wildman–Crippen MR) is 68.3 cm³/mol. The Morgan fingerprint density at radius 3 is 3.06 bits per heavy atom. The SMILES string of the molecule is CCC1COC(c2cnc3ccccc3c2)=N1. The zero-order chi connectivity index (χ0) is 11.7. The van der Waals surface area contributed by atoms with Gasteiger partial charge in [-0.05, 0) is 18.6 Å². The van der Waals surface area contributed by atoms with Gasteiger partial charge in [-0.2, -0.15) is 0 Å². The summed E-state index contributed by atoms with van der Waals surface area (Å²) in [4.78, 5) is 8.95. The smallest absolute Gasteiger partial charge is 0.218 e. The van der Waals surface area contributed by atoms with Crippen LogP contribution in [0.1, 0.15) is 18.9 Å². The van der Waals surface area contributed by atoms with E-state index in [1.54, 1.807) is 0 Å². The summed E-state index contributed by atoms with van der Waals surface area (Å²) in [6, 6.07) is 10.4. The normalized spacial score (nSPS) is 19.1. The summed E-state index contributed by atoms with van der Waals surface area (Å²) >= 11 is 0. The second kappa shape index (κ2) is 4.17. The van der Waals surface area contributed by atoms with E-state index in [0.717, 1.165) is 28.8 Å². The lowest BCUT2D eigenvalue weighted by molar-refractivity contribution is 0.315. The van der Waals surface area contributed by atoms with Crippen molar-refractivity contribution in [3.8, 4) is 0 Å². The van der Waals surface area contributed by atoms with Crippen molar-refractivity contribution in [2.24, 2.45) is 4.99 Å². The molecule has 3 heteroatoms. The molecule has 0 saturated carbocycles. The van der Waals surface area contributed by atoms with Gasteiger partial charge in [-0.3, -0.25) is 4.98 Å². The molecule has 1 aliphatic rings. The number of nitrogens with zero attached hydrogens (tertiary/aromatic N) is 2.